The molecule has 0 aliphatic heterocycles. The van der Waals surface area contributed by atoms with Crippen molar-refractivity contribution in [3.05, 3.63) is 87.3 Å². The molecular weight excluding hydrogens is 739 g/mol. The lowest BCUT2D eigenvalue weighted by molar-refractivity contribution is -0.124. The van der Waals surface area contributed by atoms with Crippen molar-refractivity contribution in [3.63, 3.8) is 0 Å². The van der Waals surface area contributed by atoms with E-state index in [1.54, 1.807) is 18.0 Å². The average molecular weight is 780 g/mol. The number of carbonyl (C=O) groups excluding carboxylic acids is 2. The number of rotatable bonds is 8. The van der Waals surface area contributed by atoms with Crippen LogP contribution in [0.1, 0.15) is 45.3 Å². The summed E-state index contributed by atoms with van der Waals surface area (Å²) in [4.78, 5) is 89.3. The van der Waals surface area contributed by atoms with Gasteiger partial charge in [0.05, 0.1) is 29.8 Å². The minimum absolute atomic E-state index is 0. The second kappa shape index (κ2) is 30.3. The lowest BCUT2D eigenvalue weighted by Gasteiger charge is -1.96. The van der Waals surface area contributed by atoms with Crippen molar-refractivity contribution < 1.29 is 9.59 Å². The number of nitrogens with two attached hydrogens (primary N) is 1. The number of halogens is 3. The van der Waals surface area contributed by atoms with E-state index < -0.39 is 16.9 Å². The van der Waals surface area contributed by atoms with E-state index >= 15 is 0 Å². The Labute approximate surface area is 298 Å². The number of hydrogen-bond acceptors (Lipinski definition) is 12. The molecule has 21 heteroatoms. The van der Waals surface area contributed by atoms with Crippen LogP contribution in [0, 0.1) is 5.41 Å². The lowest BCUT2D eigenvalue weighted by Crippen LogP contribution is -2.22. The summed E-state index contributed by atoms with van der Waals surface area (Å²) in [7, 11) is 0. The number of alkyl halides is 3. The molecular formula is C26H41Cl3N8O7S3. The first-order valence-electron chi connectivity index (χ1n) is 12.0. The molecule has 266 valence electrons. The Hall–Kier alpha value is -3.03. The first-order chi connectivity index (χ1) is 21.1. The topological polar surface area (TPSA) is 261 Å². The molecule has 8 N–H and O–H groups in total. The van der Waals surface area contributed by atoms with E-state index in [4.69, 9.17) is 45.9 Å². The third-order valence-corrected chi connectivity index (χ3v) is 6.47. The van der Waals surface area contributed by atoms with Crippen molar-refractivity contribution >= 4 is 86.8 Å². The number of ketones is 2. The van der Waals surface area contributed by atoms with Crippen LogP contribution in [0.2, 0.25) is 0 Å². The maximum Gasteiger partial charge on any atom is 0.325 e. The van der Waals surface area contributed by atoms with Gasteiger partial charge in [-0.05, 0) is 25.7 Å². The van der Waals surface area contributed by atoms with Gasteiger partial charge in [-0.1, -0.05) is 38.4 Å². The molecule has 0 aromatic carbocycles. The molecule has 0 unspecified atom stereocenters. The predicted molar refractivity (Wildman–Crippen MR) is 198 cm³/mol. The molecule has 0 aliphatic carbocycles. The molecule has 0 spiro atoms. The van der Waals surface area contributed by atoms with Crippen LogP contribution >= 0.6 is 70.1 Å². The molecule has 0 fully saturated rings. The van der Waals surface area contributed by atoms with Crippen LogP contribution in [0.25, 0.3) is 0 Å². The van der Waals surface area contributed by atoms with Crippen molar-refractivity contribution in [2.45, 2.75) is 50.9 Å². The standard InChI is InChI=1S/C6H7ClN2OS.C6H8N2O2S.C5H5ClN2O2.C5H7ClO2.C2H6N2S.2CH4/c1-11-6-8-4(3-7)2-5(10)9-6;1-11-3-4-2-5(9)8-6(10)7-4;6-2-3-1-4(9)8-5(10)7-3;1-4(7)2-5(8)3-6;1-5-2(3)4;;/h2H,3H2,1H3,(H,8,9,10);2H,3H2,1H3,(H2,7,8,9,10);1H,2H2,(H2,7,8,9,10);2-3H2,1H3;1H3,(H3,3,4);2*1H4. The molecule has 3 aromatic heterocycles. The van der Waals surface area contributed by atoms with Crippen LogP contribution in [-0.4, -0.2) is 71.3 Å². The van der Waals surface area contributed by atoms with Crippen molar-refractivity contribution in [1.82, 2.24) is 29.9 Å². The van der Waals surface area contributed by atoms with Gasteiger partial charge in [-0.15, -0.1) is 34.8 Å². The first kappa shape index (κ1) is 50.8. The summed E-state index contributed by atoms with van der Waals surface area (Å²) in [6, 6.07) is 4.03. The molecule has 15 nitrogen and oxygen atoms in total. The predicted octanol–water partition coefficient (Wildman–Crippen LogP) is 3.25. The Morgan fingerprint density at radius 2 is 1.28 bits per heavy atom. The number of amidine groups is 1. The zero-order chi connectivity index (χ0) is 34.9. The maximum atomic E-state index is 10.9. The fraction of sp³-hybridized carbons (Fsp3) is 0.423. The lowest BCUT2D eigenvalue weighted by atomic mass is 10.2. The van der Waals surface area contributed by atoms with Crippen LogP contribution in [-0.2, 0) is 27.1 Å². The number of nitrogens with one attached hydrogen (secondary N) is 6. The number of nitrogens with zero attached hydrogens (tertiary/aromatic N) is 1. The van der Waals surface area contributed by atoms with Gasteiger partial charge in [0.15, 0.2) is 16.1 Å². The van der Waals surface area contributed by atoms with Crippen molar-refractivity contribution in [3.8, 4) is 0 Å². The second-order valence-corrected chi connectivity index (χ2v) is 11.1. The number of thioether (sulfide) groups is 3. The average Bonchev–Trinajstić information content (AvgIpc) is 2.96. The molecule has 0 bridgehead atoms. The fourth-order valence-corrected chi connectivity index (χ4v) is 3.57. The number of hydrogen-bond donors (Lipinski definition) is 7. The van der Waals surface area contributed by atoms with E-state index in [2.05, 4.69) is 24.9 Å². The third kappa shape index (κ3) is 28.9. The largest absolute Gasteiger partial charge is 0.379 e. The molecule has 3 rings (SSSR count). The molecule has 3 aromatic rings. The van der Waals surface area contributed by atoms with Gasteiger partial charge in [0.1, 0.15) is 5.78 Å². The highest BCUT2D eigenvalue weighted by molar-refractivity contribution is 8.13. The van der Waals surface area contributed by atoms with Crippen molar-refractivity contribution in [2.24, 2.45) is 5.73 Å². The van der Waals surface area contributed by atoms with Crippen LogP contribution in [0.5, 0.6) is 0 Å². The smallest absolute Gasteiger partial charge is 0.325 e. The molecule has 47 heavy (non-hydrogen) atoms. The molecule has 0 saturated heterocycles. The third-order valence-electron chi connectivity index (χ3n) is 3.99. The van der Waals surface area contributed by atoms with E-state index in [9.17, 15) is 33.6 Å². The second-order valence-electron chi connectivity index (χ2n) is 7.79. The van der Waals surface area contributed by atoms with Crippen molar-refractivity contribution in [1.29, 1.82) is 5.41 Å². The van der Waals surface area contributed by atoms with Gasteiger partial charge in [0, 0.05) is 35.3 Å². The summed E-state index contributed by atoms with van der Waals surface area (Å²) in [5.41, 5.74) is 4.63. The Bertz CT molecular complexity index is 1560. The minimum atomic E-state index is -0.525. The Kier molecular flexibility index (Phi) is 32.8. The number of aromatic nitrogens is 6. The van der Waals surface area contributed by atoms with E-state index in [1.807, 2.05) is 17.5 Å². The van der Waals surface area contributed by atoms with Gasteiger partial charge in [0.2, 0.25) is 0 Å². The highest BCUT2D eigenvalue weighted by Gasteiger charge is 2.01. The molecule has 0 amide bonds. The summed E-state index contributed by atoms with van der Waals surface area (Å²) >= 11 is 20.1. The van der Waals surface area contributed by atoms with Crippen LogP contribution in [0.4, 0.5) is 0 Å². The van der Waals surface area contributed by atoms with Crippen LogP contribution in [0.15, 0.2) is 47.3 Å². The quantitative estimate of drug-likeness (QED) is 0.0434. The van der Waals surface area contributed by atoms with Gasteiger partial charge >= 0.3 is 11.4 Å². The number of carbonyl (C=O) groups is 2. The summed E-state index contributed by atoms with van der Waals surface area (Å²) in [5, 5.41) is 7.26. The minimum Gasteiger partial charge on any atom is -0.379 e. The number of Topliss-reactive ketones (excluding diaryl/α,β-unsaturated/α-hetero) is 2. The molecule has 0 saturated carbocycles. The first-order valence-corrected chi connectivity index (χ1v) is 17.4. The molecule has 0 radical (unpaired) electrons. The SMILES string of the molecule is C.C.CC(=O)CC(=O)CCl.CSC(=N)N.CSCc1cc(=O)[nH]c(=O)[nH]1.CSc1nc(CCl)cc(=O)[nH]1.O=c1cc(CCl)[nH]c(=O)[nH]1. The maximum absolute atomic E-state index is 10.9. The van der Waals surface area contributed by atoms with E-state index in [0.717, 1.165) is 0 Å². The molecule has 0 atom stereocenters. The van der Waals surface area contributed by atoms with E-state index in [1.165, 1.54) is 48.6 Å². The van der Waals surface area contributed by atoms with Crippen LogP contribution in [0.3, 0.4) is 0 Å². The molecule has 3 heterocycles. The summed E-state index contributed by atoms with van der Waals surface area (Å²) in [6.45, 7) is 1.37. The monoisotopic (exact) mass is 778 g/mol. The highest BCUT2D eigenvalue weighted by atomic mass is 35.5. The van der Waals surface area contributed by atoms with Gasteiger partial charge in [-0.25, -0.2) is 14.6 Å². The highest BCUT2D eigenvalue weighted by Crippen LogP contribution is 2.06. The van der Waals surface area contributed by atoms with Gasteiger partial charge in [-0.3, -0.25) is 39.3 Å². The van der Waals surface area contributed by atoms with E-state index in [-0.39, 0.29) is 66.8 Å². The Balaban J connectivity index is -0.000000249. The zero-order valence-corrected chi connectivity index (χ0v) is 29.2. The van der Waals surface area contributed by atoms with E-state index in [0.29, 0.717) is 28.0 Å². The summed E-state index contributed by atoms with van der Waals surface area (Å²) in [6.07, 6.45) is 5.49. The van der Waals surface area contributed by atoms with Crippen LogP contribution < -0.4 is 33.8 Å². The Morgan fingerprint density at radius 1 is 0.809 bits per heavy atom. The van der Waals surface area contributed by atoms with Gasteiger partial charge in [-0.2, -0.15) is 11.8 Å². The van der Waals surface area contributed by atoms with Gasteiger partial charge < -0.3 is 20.7 Å². The normalized spacial score (nSPS) is 9.00. The fourth-order valence-electron chi connectivity index (χ4n) is 2.32. The molecule has 0 aliphatic rings. The zero-order valence-electron chi connectivity index (χ0n) is 24.5. The number of H-pyrrole nitrogens is 5. The number of aromatic amines is 5. The summed E-state index contributed by atoms with van der Waals surface area (Å²) < 4.78 is 0. The summed E-state index contributed by atoms with van der Waals surface area (Å²) in [5.74, 6) is 0.671. The van der Waals surface area contributed by atoms with Crippen molar-refractivity contribution in [2.75, 3.05) is 24.6 Å². The van der Waals surface area contributed by atoms with Gasteiger partial charge in [0.25, 0.3) is 16.7 Å². The Morgan fingerprint density at radius 3 is 1.62 bits per heavy atom.